The van der Waals surface area contributed by atoms with Gasteiger partial charge in [0.15, 0.2) is 6.29 Å². The molecule has 0 aromatic rings. The molecule has 72 valence electrons. The Morgan fingerprint density at radius 1 is 0.917 bits per heavy atom. The van der Waals surface area contributed by atoms with E-state index in [2.05, 4.69) is 4.74 Å². The van der Waals surface area contributed by atoms with Crippen molar-refractivity contribution in [3.05, 3.63) is 0 Å². The molecule has 1 heterocycles. The first kappa shape index (κ1) is 9.85. The number of rotatable bonds is 1. The van der Waals surface area contributed by atoms with Crippen molar-refractivity contribution < 1.29 is 30.3 Å². The second-order valence-electron chi connectivity index (χ2n) is 2.72. The molecule has 6 nitrogen and oxygen atoms in total. The van der Waals surface area contributed by atoms with E-state index in [9.17, 15) is 0 Å². The molecular formula is C6H12O6. The van der Waals surface area contributed by atoms with E-state index in [0.29, 0.717) is 0 Å². The average Bonchev–Trinajstić information content (AvgIpc) is 2.08. The summed E-state index contributed by atoms with van der Waals surface area (Å²) in [6.07, 6.45) is -7.04. The molecule has 5 atom stereocenters. The Hall–Kier alpha value is -0.240. The van der Waals surface area contributed by atoms with Crippen molar-refractivity contribution in [1.82, 2.24) is 0 Å². The molecule has 0 aliphatic carbocycles. The molecule has 2 unspecified atom stereocenters. The lowest BCUT2D eigenvalue weighted by molar-refractivity contribution is -0.286. The van der Waals surface area contributed by atoms with Crippen molar-refractivity contribution in [2.75, 3.05) is 6.61 Å². The summed E-state index contributed by atoms with van der Waals surface area (Å²) >= 11 is 0. The molecule has 1 fully saturated rings. The Morgan fingerprint density at radius 3 is 2.00 bits per heavy atom. The van der Waals surface area contributed by atoms with Gasteiger partial charge in [-0.1, -0.05) is 0 Å². The Balaban J connectivity index is 2.63. The van der Waals surface area contributed by atoms with E-state index in [-0.39, 0.29) is 0 Å². The van der Waals surface area contributed by atoms with Crippen molar-refractivity contribution in [2.24, 2.45) is 0 Å². The van der Waals surface area contributed by atoms with Gasteiger partial charge in [-0.2, -0.15) is 0 Å². The lowest BCUT2D eigenvalue weighted by Gasteiger charge is -2.37. The van der Waals surface area contributed by atoms with Gasteiger partial charge in [-0.3, -0.25) is 0 Å². The van der Waals surface area contributed by atoms with Crippen LogP contribution in [0.2, 0.25) is 0 Å². The van der Waals surface area contributed by atoms with Crippen LogP contribution in [0.3, 0.4) is 0 Å². The maximum absolute atomic E-state index is 9.12. The van der Waals surface area contributed by atoms with E-state index in [1.807, 2.05) is 0 Å². The minimum atomic E-state index is -1.57. The van der Waals surface area contributed by atoms with Gasteiger partial charge in [-0.05, 0) is 0 Å². The number of hydrogen-bond acceptors (Lipinski definition) is 6. The molecule has 12 heavy (non-hydrogen) atoms. The van der Waals surface area contributed by atoms with E-state index in [1.165, 1.54) is 0 Å². The van der Waals surface area contributed by atoms with Crippen LogP contribution in [0.4, 0.5) is 0 Å². The molecule has 0 aromatic heterocycles. The highest BCUT2D eigenvalue weighted by Crippen LogP contribution is 2.18. The molecule has 1 saturated heterocycles. The third-order valence-electron chi connectivity index (χ3n) is 1.87. The van der Waals surface area contributed by atoms with Gasteiger partial charge >= 0.3 is 0 Å². The van der Waals surface area contributed by atoms with Gasteiger partial charge in [-0.25, -0.2) is 0 Å². The minimum absolute atomic E-state index is 0.526. The van der Waals surface area contributed by atoms with Crippen molar-refractivity contribution in [1.29, 1.82) is 0 Å². The molecule has 1 aliphatic rings. The highest BCUT2D eigenvalue weighted by atomic mass is 16.6. The molecule has 0 saturated carbocycles. The van der Waals surface area contributed by atoms with Gasteiger partial charge in [0.1, 0.15) is 24.4 Å². The van der Waals surface area contributed by atoms with Gasteiger partial charge in [0.2, 0.25) is 0 Å². The van der Waals surface area contributed by atoms with E-state index in [1.54, 1.807) is 0 Å². The van der Waals surface area contributed by atoms with Crippen molar-refractivity contribution in [3.8, 4) is 0 Å². The summed E-state index contributed by atoms with van der Waals surface area (Å²) < 4.78 is 4.58. The highest BCUT2D eigenvalue weighted by molar-refractivity contribution is 4.87. The highest BCUT2D eigenvalue weighted by Gasteiger charge is 2.42. The van der Waals surface area contributed by atoms with Gasteiger partial charge in [0.25, 0.3) is 0 Å². The average molecular weight is 180 g/mol. The summed E-state index contributed by atoms with van der Waals surface area (Å²) in [4.78, 5) is 0. The first-order valence-electron chi connectivity index (χ1n) is 3.56. The summed E-state index contributed by atoms with van der Waals surface area (Å²) in [5, 5.41) is 44.7. The maximum Gasteiger partial charge on any atom is 0.184 e. The van der Waals surface area contributed by atoms with Crippen molar-refractivity contribution in [3.63, 3.8) is 0 Å². The molecule has 1 rings (SSSR count). The lowest BCUT2D eigenvalue weighted by Crippen LogP contribution is -2.58. The fourth-order valence-electron chi connectivity index (χ4n) is 1.08. The topological polar surface area (TPSA) is 110 Å². The van der Waals surface area contributed by atoms with Crippen LogP contribution in [0, 0.1) is 0 Å². The van der Waals surface area contributed by atoms with Crippen LogP contribution >= 0.6 is 0 Å². The van der Waals surface area contributed by atoms with Crippen molar-refractivity contribution in [2.45, 2.75) is 30.7 Å². The zero-order valence-corrected chi connectivity index (χ0v) is 6.24. The molecule has 0 aromatic carbocycles. The first-order valence-corrected chi connectivity index (χ1v) is 3.56. The summed E-state index contributed by atoms with van der Waals surface area (Å²) in [6, 6.07) is 0. The second-order valence-corrected chi connectivity index (χ2v) is 2.72. The monoisotopic (exact) mass is 180 g/mol. The SMILES string of the molecule is OC[C@@H]1O[C@H](O)C(O)[C@@H](O)C1O. The fourth-order valence-corrected chi connectivity index (χ4v) is 1.08. The zero-order valence-electron chi connectivity index (χ0n) is 6.24. The first-order chi connectivity index (χ1) is 5.57. The second kappa shape index (κ2) is 3.65. The van der Waals surface area contributed by atoms with Crippen LogP contribution < -0.4 is 0 Å². The summed E-state index contributed by atoms with van der Waals surface area (Å²) in [7, 11) is 0. The Labute approximate surface area is 68.6 Å². The van der Waals surface area contributed by atoms with Gasteiger partial charge in [0, 0.05) is 0 Å². The van der Waals surface area contributed by atoms with E-state index >= 15 is 0 Å². The largest absolute Gasteiger partial charge is 0.394 e. The molecule has 0 bridgehead atoms. The molecule has 5 N–H and O–H groups in total. The number of hydrogen-bond donors (Lipinski definition) is 5. The van der Waals surface area contributed by atoms with E-state index in [4.69, 9.17) is 25.5 Å². The predicted molar refractivity (Wildman–Crippen MR) is 36.0 cm³/mol. The lowest BCUT2D eigenvalue weighted by atomic mass is 10.00. The molecule has 0 amide bonds. The van der Waals surface area contributed by atoms with Crippen molar-refractivity contribution >= 4 is 0 Å². The van der Waals surface area contributed by atoms with Crippen LogP contribution in [-0.2, 0) is 4.74 Å². The fraction of sp³-hybridized carbons (Fsp3) is 1.00. The van der Waals surface area contributed by atoms with E-state index in [0.717, 1.165) is 0 Å². The summed E-state index contributed by atoms with van der Waals surface area (Å²) in [5.74, 6) is 0. The quantitative estimate of drug-likeness (QED) is 0.290. The minimum Gasteiger partial charge on any atom is -0.394 e. The standard InChI is InChI=1S/C6H12O6/c7-1-2-3(8)4(9)5(10)6(11)12-2/h2-11H,1H2/t2-,3?,4-,5?,6-/m0/s1. The molecule has 0 radical (unpaired) electrons. The maximum atomic E-state index is 9.12. The van der Waals surface area contributed by atoms with Gasteiger partial charge in [0.05, 0.1) is 6.61 Å². The van der Waals surface area contributed by atoms with Gasteiger partial charge in [-0.15, -0.1) is 0 Å². The van der Waals surface area contributed by atoms with Crippen LogP contribution in [0.15, 0.2) is 0 Å². The molecule has 6 heteroatoms. The number of aliphatic hydroxyl groups is 5. The van der Waals surface area contributed by atoms with Gasteiger partial charge < -0.3 is 30.3 Å². The predicted octanol–water partition coefficient (Wildman–Crippen LogP) is -3.22. The Kier molecular flexibility index (Phi) is 2.99. The van der Waals surface area contributed by atoms with Crippen LogP contribution in [0.5, 0.6) is 0 Å². The summed E-state index contributed by atoms with van der Waals surface area (Å²) in [5.41, 5.74) is 0. The molecule has 0 spiro atoms. The third-order valence-corrected chi connectivity index (χ3v) is 1.87. The number of ether oxygens (including phenoxy) is 1. The normalized spacial score (nSPS) is 49.2. The Morgan fingerprint density at radius 2 is 1.50 bits per heavy atom. The third kappa shape index (κ3) is 1.58. The Bertz CT molecular complexity index is 146. The van der Waals surface area contributed by atoms with Crippen LogP contribution in [-0.4, -0.2) is 62.8 Å². The number of aliphatic hydroxyl groups excluding tert-OH is 5. The molecular weight excluding hydrogens is 168 g/mol. The molecule has 1 aliphatic heterocycles. The van der Waals surface area contributed by atoms with Crippen LogP contribution in [0.1, 0.15) is 0 Å². The van der Waals surface area contributed by atoms with E-state index < -0.39 is 37.3 Å². The smallest absolute Gasteiger partial charge is 0.184 e. The summed E-state index contributed by atoms with van der Waals surface area (Å²) in [6.45, 7) is -0.526. The van der Waals surface area contributed by atoms with Crippen LogP contribution in [0.25, 0.3) is 0 Å². The zero-order chi connectivity index (χ0) is 9.30.